The highest BCUT2D eigenvalue weighted by Crippen LogP contribution is 2.24. The van der Waals surface area contributed by atoms with Crippen LogP contribution in [0.15, 0.2) is 53.3 Å². The summed E-state index contributed by atoms with van der Waals surface area (Å²) in [7, 11) is 0. The molecule has 0 aliphatic carbocycles. The van der Waals surface area contributed by atoms with Crippen molar-refractivity contribution in [2.45, 2.75) is 20.8 Å². The van der Waals surface area contributed by atoms with Gasteiger partial charge >= 0.3 is 0 Å². The average molecular weight is 511 g/mol. The Morgan fingerprint density at radius 1 is 1.07 bits per heavy atom. The van der Waals surface area contributed by atoms with Crippen molar-refractivity contribution in [2.75, 3.05) is 0 Å². The molecule has 4 nitrogen and oxygen atoms in total. The largest absolute Gasteiger partial charge is 0.318 e. The van der Waals surface area contributed by atoms with Crippen molar-refractivity contribution in [1.82, 2.24) is 14.0 Å². The third-order valence-electron chi connectivity index (χ3n) is 5.30. The summed E-state index contributed by atoms with van der Waals surface area (Å²) < 4.78 is 5.92. The van der Waals surface area contributed by atoms with Gasteiger partial charge in [0.25, 0.3) is 5.56 Å². The fourth-order valence-electron chi connectivity index (χ4n) is 3.85. The van der Waals surface area contributed by atoms with Gasteiger partial charge in [-0.3, -0.25) is 4.79 Å². The van der Waals surface area contributed by atoms with Gasteiger partial charge in [0.15, 0.2) is 4.96 Å². The van der Waals surface area contributed by atoms with Gasteiger partial charge in [-0.1, -0.05) is 23.5 Å². The third kappa shape index (κ3) is 2.93. The Balaban J connectivity index is 1.69. The molecule has 6 heteroatoms. The summed E-state index contributed by atoms with van der Waals surface area (Å²) in [5, 5.41) is 0. The molecule has 0 aliphatic heterocycles. The van der Waals surface area contributed by atoms with Gasteiger partial charge in [0.2, 0.25) is 0 Å². The number of hydrogen-bond acceptors (Lipinski definition) is 3. The fraction of sp³-hybridized carbons (Fsp3) is 0.130. The smallest absolute Gasteiger partial charge is 0.274 e. The molecule has 0 bridgehead atoms. The number of fused-ring (bicyclic) bond motifs is 3. The van der Waals surface area contributed by atoms with Crippen molar-refractivity contribution < 1.29 is 0 Å². The quantitative estimate of drug-likeness (QED) is 0.320. The lowest BCUT2D eigenvalue weighted by atomic mass is 10.2. The van der Waals surface area contributed by atoms with Crippen LogP contribution in [0.25, 0.3) is 27.8 Å². The number of hydrogen-bond donors (Lipinski definition) is 0. The summed E-state index contributed by atoms with van der Waals surface area (Å²) in [5.74, 6) is 0. The van der Waals surface area contributed by atoms with Crippen LogP contribution in [-0.2, 0) is 0 Å². The van der Waals surface area contributed by atoms with Crippen LogP contribution >= 0.6 is 33.9 Å². The van der Waals surface area contributed by atoms with E-state index < -0.39 is 0 Å². The van der Waals surface area contributed by atoms with Gasteiger partial charge in [-0.05, 0) is 97.0 Å². The van der Waals surface area contributed by atoms with Crippen LogP contribution in [0.4, 0.5) is 0 Å². The average Bonchev–Trinajstić information content (AvgIpc) is 3.29. The summed E-state index contributed by atoms with van der Waals surface area (Å²) in [6.45, 7) is 6.33. The van der Waals surface area contributed by atoms with Gasteiger partial charge in [-0.15, -0.1) is 0 Å². The fourth-order valence-corrected chi connectivity index (χ4v) is 5.17. The molecule has 5 rings (SSSR count). The van der Waals surface area contributed by atoms with E-state index in [4.69, 9.17) is 0 Å². The van der Waals surface area contributed by atoms with E-state index in [0.29, 0.717) is 4.53 Å². The van der Waals surface area contributed by atoms with Crippen LogP contribution in [0.1, 0.15) is 22.5 Å². The first-order valence-electron chi connectivity index (χ1n) is 9.31. The van der Waals surface area contributed by atoms with Crippen LogP contribution < -0.4 is 10.1 Å². The van der Waals surface area contributed by atoms with Crippen LogP contribution in [0.2, 0.25) is 0 Å². The summed E-state index contributed by atoms with van der Waals surface area (Å²) in [6, 6.07) is 16.4. The number of para-hydroxylation sites is 2. The molecule has 0 amide bonds. The topological polar surface area (TPSA) is 39.3 Å². The van der Waals surface area contributed by atoms with E-state index in [1.165, 1.54) is 20.5 Å². The molecular formula is C23H18IN3OS. The Morgan fingerprint density at radius 3 is 2.66 bits per heavy atom. The third-order valence-corrected chi connectivity index (χ3v) is 7.48. The second-order valence-corrected chi connectivity index (χ2v) is 9.40. The van der Waals surface area contributed by atoms with E-state index in [0.717, 1.165) is 38.6 Å². The Kier molecular flexibility index (Phi) is 4.36. The molecule has 0 N–H and O–H groups in total. The molecule has 0 atom stereocenters. The lowest BCUT2D eigenvalue weighted by Crippen LogP contribution is -2.22. The van der Waals surface area contributed by atoms with E-state index in [1.54, 1.807) is 4.40 Å². The van der Waals surface area contributed by atoms with E-state index in [9.17, 15) is 4.79 Å². The summed E-state index contributed by atoms with van der Waals surface area (Å²) >= 11 is 3.80. The lowest BCUT2D eigenvalue weighted by Gasteiger charge is -2.11. The number of aromatic nitrogens is 3. The molecule has 0 radical (unpaired) electrons. The van der Waals surface area contributed by atoms with Crippen molar-refractivity contribution in [1.29, 1.82) is 0 Å². The minimum atomic E-state index is -0.00591. The van der Waals surface area contributed by atoms with Crippen molar-refractivity contribution in [3.8, 4) is 5.69 Å². The molecule has 0 spiro atoms. The molecule has 0 aliphatic rings. The standard InChI is InChI=1S/C23H18IN3OS/c1-13-10-17(8-9-18(13)24)26-14(2)11-16(15(26)3)12-21-22(28)27-20-7-5-4-6-19(20)25-23(27)29-21/h4-12H,1-3H3/b21-12+. The lowest BCUT2D eigenvalue weighted by molar-refractivity contribution is 0.961. The normalized spacial score (nSPS) is 12.5. The van der Waals surface area contributed by atoms with E-state index >= 15 is 0 Å². The van der Waals surface area contributed by atoms with Crippen LogP contribution in [-0.4, -0.2) is 14.0 Å². The Bertz CT molecular complexity index is 1520. The molecule has 5 aromatic rings. The van der Waals surface area contributed by atoms with Crippen molar-refractivity contribution in [2.24, 2.45) is 0 Å². The maximum atomic E-state index is 13.1. The van der Waals surface area contributed by atoms with Gasteiger partial charge in [0, 0.05) is 20.6 Å². The predicted octanol–water partition coefficient (Wildman–Crippen LogP) is 4.78. The second-order valence-electron chi connectivity index (χ2n) is 7.23. The maximum absolute atomic E-state index is 13.1. The predicted molar refractivity (Wildman–Crippen MR) is 128 cm³/mol. The molecule has 0 saturated carbocycles. The number of nitrogens with zero attached hydrogens (tertiary/aromatic N) is 3. The number of benzene rings is 2. The number of halogens is 1. The zero-order chi connectivity index (χ0) is 20.3. The summed E-state index contributed by atoms with van der Waals surface area (Å²) in [4.78, 5) is 18.4. The zero-order valence-corrected chi connectivity index (χ0v) is 19.2. The zero-order valence-electron chi connectivity index (χ0n) is 16.2. The number of rotatable bonds is 2. The SMILES string of the molecule is Cc1cc(-n2c(C)cc(/C=c3/sc4nc5ccccc5n4c3=O)c2C)ccc1I. The summed E-state index contributed by atoms with van der Waals surface area (Å²) in [5.41, 5.74) is 7.45. The highest BCUT2D eigenvalue weighted by molar-refractivity contribution is 14.1. The molecule has 3 heterocycles. The Hall–Kier alpha value is -2.45. The van der Waals surface area contributed by atoms with E-state index in [1.807, 2.05) is 30.3 Å². The Labute approximate surface area is 185 Å². The molecule has 2 aromatic carbocycles. The molecule has 29 heavy (non-hydrogen) atoms. The van der Waals surface area contributed by atoms with Gasteiger partial charge in [-0.25, -0.2) is 9.38 Å². The minimum absolute atomic E-state index is 0.00591. The number of imidazole rings is 1. The van der Waals surface area contributed by atoms with Gasteiger partial charge < -0.3 is 4.57 Å². The van der Waals surface area contributed by atoms with E-state index in [-0.39, 0.29) is 5.56 Å². The van der Waals surface area contributed by atoms with Gasteiger partial charge in [-0.2, -0.15) is 0 Å². The molecule has 144 valence electrons. The monoisotopic (exact) mass is 511 g/mol. The highest BCUT2D eigenvalue weighted by atomic mass is 127. The first-order chi connectivity index (χ1) is 13.9. The summed E-state index contributed by atoms with van der Waals surface area (Å²) in [6.07, 6.45) is 1.99. The van der Waals surface area contributed by atoms with Gasteiger partial charge in [0.05, 0.1) is 15.6 Å². The van der Waals surface area contributed by atoms with Crippen molar-refractivity contribution >= 4 is 56.0 Å². The van der Waals surface area contributed by atoms with E-state index in [2.05, 4.69) is 77.2 Å². The molecule has 0 fully saturated rings. The molecule has 0 unspecified atom stereocenters. The van der Waals surface area contributed by atoms with Gasteiger partial charge in [0.1, 0.15) is 0 Å². The number of thiazole rings is 1. The van der Waals surface area contributed by atoms with Crippen LogP contribution in [0.5, 0.6) is 0 Å². The first kappa shape index (κ1) is 18.6. The van der Waals surface area contributed by atoms with Crippen molar-refractivity contribution in [3.63, 3.8) is 0 Å². The van der Waals surface area contributed by atoms with Crippen LogP contribution in [0.3, 0.4) is 0 Å². The maximum Gasteiger partial charge on any atom is 0.274 e. The number of aryl methyl sites for hydroxylation is 2. The first-order valence-corrected chi connectivity index (χ1v) is 11.2. The molecule has 0 saturated heterocycles. The Morgan fingerprint density at radius 2 is 1.86 bits per heavy atom. The minimum Gasteiger partial charge on any atom is -0.318 e. The van der Waals surface area contributed by atoms with Crippen LogP contribution in [0, 0.1) is 24.3 Å². The second kappa shape index (κ2) is 6.81. The molecule has 3 aromatic heterocycles. The molecular weight excluding hydrogens is 493 g/mol. The highest BCUT2D eigenvalue weighted by Gasteiger charge is 2.13. The van der Waals surface area contributed by atoms with Crippen molar-refractivity contribution in [3.05, 3.63) is 89.5 Å².